The van der Waals surface area contributed by atoms with Crippen molar-refractivity contribution in [2.24, 2.45) is 39.9 Å². The third-order valence-electron chi connectivity index (χ3n) is 8.84. The van der Waals surface area contributed by atoms with Crippen molar-refractivity contribution in [1.29, 1.82) is 0 Å². The minimum Gasteiger partial charge on any atom is -0.490 e. The third-order valence-corrected chi connectivity index (χ3v) is 8.84. The fraction of sp³-hybridized carbons (Fsp3) is 0.840. The van der Waals surface area contributed by atoms with Crippen LogP contribution < -0.4 is 0 Å². The van der Waals surface area contributed by atoms with E-state index in [0.717, 1.165) is 36.5 Å². The number of allylic oxidation sites excluding steroid dienone is 2. The van der Waals surface area contributed by atoms with Crippen LogP contribution in [0.3, 0.4) is 0 Å². The van der Waals surface area contributed by atoms with E-state index in [1.165, 1.54) is 12.8 Å². The number of ketones is 2. The van der Waals surface area contributed by atoms with Gasteiger partial charge in [0.1, 0.15) is 11.4 Å². The zero-order chi connectivity index (χ0) is 20.9. The van der Waals surface area contributed by atoms with Gasteiger partial charge >= 0.3 is 0 Å². The lowest BCUT2D eigenvalue weighted by atomic mass is 9.42. The molecule has 3 fully saturated rings. The molecule has 0 aromatic heterocycles. The Labute approximate surface area is 170 Å². The van der Waals surface area contributed by atoms with Crippen molar-refractivity contribution in [3.05, 3.63) is 11.3 Å². The second kappa shape index (κ2) is 5.73. The minimum absolute atomic E-state index is 0.00523. The quantitative estimate of drug-likeness (QED) is 0.570. The van der Waals surface area contributed by atoms with Crippen LogP contribution in [0.1, 0.15) is 87.5 Å². The predicted octanol–water partition coefficient (Wildman–Crippen LogP) is 5.72. The molecule has 3 heteroatoms. The van der Waals surface area contributed by atoms with Crippen molar-refractivity contribution in [2.45, 2.75) is 93.1 Å². The lowest BCUT2D eigenvalue weighted by Crippen LogP contribution is -2.65. The zero-order valence-corrected chi connectivity index (χ0v) is 19.1. The zero-order valence-electron chi connectivity index (χ0n) is 19.1. The van der Waals surface area contributed by atoms with E-state index < -0.39 is 10.8 Å². The van der Waals surface area contributed by atoms with Gasteiger partial charge < -0.3 is 4.74 Å². The smallest absolute Gasteiger partial charge is 0.175 e. The first-order valence-corrected chi connectivity index (χ1v) is 11.3. The van der Waals surface area contributed by atoms with E-state index in [4.69, 9.17) is 4.74 Å². The monoisotopic (exact) mass is 386 g/mol. The van der Waals surface area contributed by atoms with Crippen LogP contribution in [0.4, 0.5) is 0 Å². The van der Waals surface area contributed by atoms with E-state index in [1.54, 1.807) is 13.8 Å². The van der Waals surface area contributed by atoms with Crippen LogP contribution >= 0.6 is 0 Å². The van der Waals surface area contributed by atoms with Crippen molar-refractivity contribution >= 4 is 11.6 Å². The summed E-state index contributed by atoms with van der Waals surface area (Å²) in [6, 6.07) is 0. The van der Waals surface area contributed by atoms with Gasteiger partial charge in [-0.1, -0.05) is 27.7 Å². The molecule has 0 N–H and O–H groups in total. The average Bonchev–Trinajstić information content (AvgIpc) is 2.58. The molecule has 3 saturated carbocycles. The topological polar surface area (TPSA) is 43.4 Å². The Hall–Kier alpha value is -1.12. The molecule has 0 aromatic carbocycles. The third kappa shape index (κ3) is 2.40. The molecule has 3 nitrogen and oxygen atoms in total. The molecule has 5 aliphatic rings. The molecule has 5 rings (SSSR count). The van der Waals surface area contributed by atoms with Gasteiger partial charge in [0, 0.05) is 11.5 Å². The Morgan fingerprint density at radius 3 is 2.21 bits per heavy atom. The van der Waals surface area contributed by atoms with Crippen LogP contribution in [0, 0.1) is 39.9 Å². The summed E-state index contributed by atoms with van der Waals surface area (Å²) in [5.74, 6) is 2.78. The number of fused-ring (bicyclic) bond motifs is 1. The molecule has 4 aliphatic carbocycles. The standard InChI is InChI=1S/C25H38O3/c1-14(2)11-15-13-25(10-9-16-12-17(25)22(16,3)4)28-20-18(15)19(26)23(5,6)21(27)24(20,7)8/h14-17H,9-13H2,1-8H3/t15-,16?,17?,25-/m1/s1. The highest BCUT2D eigenvalue weighted by molar-refractivity contribution is 6.19. The van der Waals surface area contributed by atoms with Gasteiger partial charge in [-0.05, 0) is 83.0 Å². The van der Waals surface area contributed by atoms with Gasteiger partial charge in [0.25, 0.3) is 0 Å². The van der Waals surface area contributed by atoms with Crippen LogP contribution in [0.15, 0.2) is 11.3 Å². The number of ether oxygens (including phenoxy) is 1. The van der Waals surface area contributed by atoms with Crippen molar-refractivity contribution in [1.82, 2.24) is 0 Å². The molecule has 156 valence electrons. The normalized spacial score (nSPS) is 40.2. The van der Waals surface area contributed by atoms with Crippen molar-refractivity contribution < 1.29 is 14.3 Å². The first-order valence-electron chi connectivity index (χ1n) is 11.3. The lowest BCUT2D eigenvalue weighted by Gasteiger charge is -2.67. The molecule has 1 spiro atoms. The van der Waals surface area contributed by atoms with Crippen molar-refractivity contribution in [3.63, 3.8) is 0 Å². The number of carbonyl (C=O) groups is 2. The maximum atomic E-state index is 13.5. The second-order valence-corrected chi connectivity index (χ2v) is 12.2. The molecule has 2 bridgehead atoms. The number of hydrogen-bond donors (Lipinski definition) is 0. The Kier molecular flexibility index (Phi) is 4.13. The average molecular weight is 387 g/mol. The fourth-order valence-corrected chi connectivity index (χ4v) is 7.21. The molecule has 1 aliphatic heterocycles. The van der Waals surface area contributed by atoms with Gasteiger partial charge in [-0.3, -0.25) is 9.59 Å². The minimum atomic E-state index is -0.959. The van der Waals surface area contributed by atoms with Crippen LogP contribution in [0.5, 0.6) is 0 Å². The summed E-state index contributed by atoms with van der Waals surface area (Å²) in [5.41, 5.74) is -0.757. The van der Waals surface area contributed by atoms with Crippen LogP contribution in [-0.4, -0.2) is 17.2 Å². The molecule has 1 heterocycles. The fourth-order valence-electron chi connectivity index (χ4n) is 7.21. The van der Waals surface area contributed by atoms with Gasteiger partial charge in [-0.25, -0.2) is 0 Å². The van der Waals surface area contributed by atoms with E-state index in [1.807, 2.05) is 13.8 Å². The summed E-state index contributed by atoms with van der Waals surface area (Å²) in [6.07, 6.45) is 5.44. The Bertz CT molecular complexity index is 765. The summed E-state index contributed by atoms with van der Waals surface area (Å²) in [4.78, 5) is 26.8. The molecule has 0 amide bonds. The van der Waals surface area contributed by atoms with Crippen LogP contribution in [0.2, 0.25) is 0 Å². The van der Waals surface area contributed by atoms with Crippen LogP contribution in [0.25, 0.3) is 0 Å². The van der Waals surface area contributed by atoms with Crippen molar-refractivity contribution in [3.8, 4) is 0 Å². The van der Waals surface area contributed by atoms with Crippen molar-refractivity contribution in [2.75, 3.05) is 0 Å². The van der Waals surface area contributed by atoms with E-state index in [0.29, 0.717) is 17.3 Å². The maximum Gasteiger partial charge on any atom is 0.175 e. The van der Waals surface area contributed by atoms with E-state index in [-0.39, 0.29) is 23.1 Å². The van der Waals surface area contributed by atoms with Gasteiger partial charge in [-0.15, -0.1) is 0 Å². The number of carbonyl (C=O) groups excluding carboxylic acids is 2. The predicted molar refractivity (Wildman–Crippen MR) is 111 cm³/mol. The maximum absolute atomic E-state index is 13.5. The van der Waals surface area contributed by atoms with E-state index >= 15 is 0 Å². The first kappa shape index (κ1) is 20.2. The van der Waals surface area contributed by atoms with E-state index in [9.17, 15) is 9.59 Å². The molecule has 0 saturated heterocycles. The summed E-state index contributed by atoms with van der Waals surface area (Å²) in [6.45, 7) is 16.8. The molecule has 0 aromatic rings. The highest BCUT2D eigenvalue weighted by atomic mass is 16.5. The van der Waals surface area contributed by atoms with Gasteiger partial charge in [-0.2, -0.15) is 0 Å². The molecule has 4 atom stereocenters. The summed E-state index contributed by atoms with van der Waals surface area (Å²) in [5, 5.41) is 0. The molecule has 28 heavy (non-hydrogen) atoms. The Morgan fingerprint density at radius 2 is 1.68 bits per heavy atom. The van der Waals surface area contributed by atoms with Gasteiger partial charge in [0.2, 0.25) is 0 Å². The highest BCUT2D eigenvalue weighted by Crippen LogP contribution is 2.68. The number of rotatable bonds is 2. The lowest BCUT2D eigenvalue weighted by molar-refractivity contribution is -0.230. The summed E-state index contributed by atoms with van der Waals surface area (Å²) < 4.78 is 6.90. The Balaban J connectivity index is 1.86. The van der Waals surface area contributed by atoms with Gasteiger partial charge in [0.15, 0.2) is 11.6 Å². The summed E-state index contributed by atoms with van der Waals surface area (Å²) in [7, 11) is 0. The Morgan fingerprint density at radius 1 is 1.04 bits per heavy atom. The number of Topliss-reactive ketones (excluding diaryl/α,β-unsaturated/α-hetero) is 2. The SMILES string of the molecule is CC(C)C[C@@H]1C[C@@]2(CCC3CC2C3(C)C)OC2=C1C(=O)C(C)(C)C(=O)C2(C)C. The molecular formula is C25H38O3. The van der Waals surface area contributed by atoms with Gasteiger partial charge in [0.05, 0.1) is 10.8 Å². The molecular weight excluding hydrogens is 348 g/mol. The largest absolute Gasteiger partial charge is 0.490 e. The molecule has 0 radical (unpaired) electrons. The summed E-state index contributed by atoms with van der Waals surface area (Å²) >= 11 is 0. The number of hydrogen-bond acceptors (Lipinski definition) is 3. The second-order valence-electron chi connectivity index (χ2n) is 12.2. The highest BCUT2D eigenvalue weighted by Gasteiger charge is 2.67. The van der Waals surface area contributed by atoms with E-state index in [2.05, 4.69) is 27.7 Å². The van der Waals surface area contributed by atoms with Crippen LogP contribution in [-0.2, 0) is 14.3 Å². The molecule has 2 unspecified atom stereocenters. The first-order chi connectivity index (χ1) is 12.7.